The van der Waals surface area contributed by atoms with E-state index < -0.39 is 0 Å². The molecule has 1 aromatic heterocycles. The van der Waals surface area contributed by atoms with Gasteiger partial charge in [0.15, 0.2) is 0 Å². The number of anilines is 1. The van der Waals surface area contributed by atoms with Crippen molar-refractivity contribution in [3.8, 4) is 6.07 Å². The molecule has 3 nitrogen and oxygen atoms in total. The van der Waals surface area contributed by atoms with Crippen LogP contribution in [0, 0.1) is 11.3 Å². The van der Waals surface area contributed by atoms with Crippen LogP contribution in [0.3, 0.4) is 0 Å². The van der Waals surface area contributed by atoms with Gasteiger partial charge >= 0.3 is 0 Å². The number of nitrogens with zero attached hydrogens (tertiary/aromatic N) is 2. The lowest BCUT2D eigenvalue weighted by molar-refractivity contribution is 1.17. The summed E-state index contributed by atoms with van der Waals surface area (Å²) in [4.78, 5) is 5.17. The van der Waals surface area contributed by atoms with Gasteiger partial charge in [0.1, 0.15) is 0 Å². The first kappa shape index (κ1) is 11.1. The minimum atomic E-state index is 0.640. The lowest BCUT2D eigenvalue weighted by Gasteiger charge is -2.05. The van der Waals surface area contributed by atoms with Gasteiger partial charge in [0, 0.05) is 21.2 Å². The number of nitrogens with one attached hydrogen (secondary N) is 1. The zero-order chi connectivity index (χ0) is 11.4. The van der Waals surface area contributed by atoms with Crippen LogP contribution in [0.25, 0.3) is 0 Å². The number of hydrogen-bond acceptors (Lipinski definition) is 4. The monoisotopic (exact) mass is 293 g/mol. The summed E-state index contributed by atoms with van der Waals surface area (Å²) in [5.41, 5.74) is 3.37. The summed E-state index contributed by atoms with van der Waals surface area (Å²) in [5.74, 6) is 0. The van der Waals surface area contributed by atoms with E-state index >= 15 is 0 Å². The Morgan fingerprint density at radius 3 is 3.00 bits per heavy atom. The maximum Gasteiger partial charge on any atom is 0.0992 e. The maximum absolute atomic E-state index is 8.83. The van der Waals surface area contributed by atoms with Gasteiger partial charge < -0.3 is 5.32 Å². The van der Waals surface area contributed by atoms with Gasteiger partial charge in [0.2, 0.25) is 0 Å². The van der Waals surface area contributed by atoms with Crippen LogP contribution >= 0.6 is 27.3 Å². The molecule has 2 aromatic rings. The average molecular weight is 294 g/mol. The molecule has 0 saturated carbocycles. The Labute approximate surface area is 106 Å². The summed E-state index contributed by atoms with van der Waals surface area (Å²) >= 11 is 4.98. The summed E-state index contributed by atoms with van der Waals surface area (Å²) in [6.07, 6.45) is 1.83. The minimum absolute atomic E-state index is 0.640. The van der Waals surface area contributed by atoms with Gasteiger partial charge in [-0.2, -0.15) is 5.26 Å². The number of rotatable bonds is 3. The average Bonchev–Trinajstić information content (AvgIpc) is 2.78. The summed E-state index contributed by atoms with van der Waals surface area (Å²) in [5, 5.41) is 12.1. The van der Waals surface area contributed by atoms with E-state index in [1.807, 2.05) is 18.3 Å². The maximum atomic E-state index is 8.83. The van der Waals surface area contributed by atoms with Crippen LogP contribution in [0.4, 0.5) is 5.69 Å². The van der Waals surface area contributed by atoms with E-state index in [9.17, 15) is 0 Å². The molecule has 0 aliphatic heterocycles. The highest BCUT2D eigenvalue weighted by Gasteiger charge is 1.99. The van der Waals surface area contributed by atoms with Gasteiger partial charge in [-0.15, -0.1) is 11.3 Å². The number of thiazole rings is 1. The van der Waals surface area contributed by atoms with E-state index in [-0.39, 0.29) is 0 Å². The van der Waals surface area contributed by atoms with E-state index in [1.54, 1.807) is 22.9 Å². The number of benzene rings is 1. The Balaban J connectivity index is 2.10. The fourth-order valence-corrected chi connectivity index (χ4v) is 2.30. The quantitative estimate of drug-likeness (QED) is 0.944. The molecule has 1 N–H and O–H groups in total. The van der Waals surface area contributed by atoms with E-state index in [0.717, 1.165) is 16.7 Å². The van der Waals surface area contributed by atoms with Crippen molar-refractivity contribution in [1.29, 1.82) is 5.26 Å². The molecule has 0 aliphatic carbocycles. The number of nitriles is 1. The van der Waals surface area contributed by atoms with Gasteiger partial charge in [-0.1, -0.05) is 15.9 Å². The van der Waals surface area contributed by atoms with Crippen molar-refractivity contribution >= 4 is 33.0 Å². The number of halogens is 1. The highest BCUT2D eigenvalue weighted by atomic mass is 79.9. The second-order valence-corrected chi connectivity index (χ2v) is 5.05. The standard InChI is InChI=1S/C11H8BrN3S/c12-9-1-8(4-13)2-10(3-9)15-6-11-5-14-7-16-11/h1-3,5,7,15H,6H2. The third kappa shape index (κ3) is 2.81. The fraction of sp³-hybridized carbons (Fsp3) is 0.0909. The van der Waals surface area contributed by atoms with E-state index in [0.29, 0.717) is 5.56 Å². The fourth-order valence-electron chi connectivity index (χ4n) is 1.27. The molecule has 0 amide bonds. The highest BCUT2D eigenvalue weighted by molar-refractivity contribution is 9.10. The number of aromatic nitrogens is 1. The lowest BCUT2D eigenvalue weighted by atomic mass is 10.2. The molecular formula is C11H8BrN3S. The first-order chi connectivity index (χ1) is 7.78. The van der Waals surface area contributed by atoms with Crippen molar-refractivity contribution in [3.63, 3.8) is 0 Å². The summed E-state index contributed by atoms with van der Waals surface area (Å²) in [6.45, 7) is 0.728. The molecule has 1 heterocycles. The van der Waals surface area contributed by atoms with Crippen LogP contribution in [0.5, 0.6) is 0 Å². The molecule has 0 radical (unpaired) electrons. The Kier molecular flexibility index (Phi) is 3.54. The smallest absolute Gasteiger partial charge is 0.0992 e. The SMILES string of the molecule is N#Cc1cc(Br)cc(NCc2cncs2)c1. The molecule has 0 bridgehead atoms. The normalized spacial score (nSPS) is 9.75. The molecule has 0 unspecified atom stereocenters. The first-order valence-corrected chi connectivity index (χ1v) is 6.27. The minimum Gasteiger partial charge on any atom is -0.380 e. The molecule has 2 rings (SSSR count). The van der Waals surface area contributed by atoms with Crippen molar-refractivity contribution < 1.29 is 0 Å². The van der Waals surface area contributed by atoms with Crippen LogP contribution in [-0.2, 0) is 6.54 Å². The van der Waals surface area contributed by atoms with Crippen molar-refractivity contribution in [1.82, 2.24) is 4.98 Å². The van der Waals surface area contributed by atoms with Crippen molar-refractivity contribution in [2.45, 2.75) is 6.54 Å². The molecule has 0 aliphatic rings. The predicted octanol–water partition coefficient (Wildman–Crippen LogP) is 3.39. The molecule has 80 valence electrons. The van der Waals surface area contributed by atoms with E-state index in [2.05, 4.69) is 32.3 Å². The molecule has 0 fully saturated rings. The van der Waals surface area contributed by atoms with Crippen LogP contribution in [0.1, 0.15) is 10.4 Å². The second-order valence-electron chi connectivity index (χ2n) is 3.16. The molecule has 0 saturated heterocycles. The van der Waals surface area contributed by atoms with Crippen LogP contribution < -0.4 is 5.32 Å². The Morgan fingerprint density at radius 2 is 2.31 bits per heavy atom. The van der Waals surface area contributed by atoms with Crippen molar-refractivity contribution in [3.05, 3.63) is 44.8 Å². The van der Waals surface area contributed by atoms with Crippen LogP contribution in [0.2, 0.25) is 0 Å². The van der Waals surface area contributed by atoms with Gasteiger partial charge in [0.05, 0.1) is 23.7 Å². The zero-order valence-electron chi connectivity index (χ0n) is 8.27. The summed E-state index contributed by atoms with van der Waals surface area (Å²) in [7, 11) is 0. The topological polar surface area (TPSA) is 48.7 Å². The summed E-state index contributed by atoms with van der Waals surface area (Å²) in [6, 6.07) is 7.68. The number of hydrogen-bond donors (Lipinski definition) is 1. The predicted molar refractivity (Wildman–Crippen MR) is 68.3 cm³/mol. The van der Waals surface area contributed by atoms with Gasteiger partial charge in [0.25, 0.3) is 0 Å². The Morgan fingerprint density at radius 1 is 1.44 bits per heavy atom. The molecule has 0 spiro atoms. The molecule has 16 heavy (non-hydrogen) atoms. The van der Waals surface area contributed by atoms with Crippen LogP contribution in [-0.4, -0.2) is 4.98 Å². The lowest BCUT2D eigenvalue weighted by Crippen LogP contribution is -1.97. The van der Waals surface area contributed by atoms with Crippen molar-refractivity contribution in [2.75, 3.05) is 5.32 Å². The molecule has 0 atom stereocenters. The summed E-state index contributed by atoms with van der Waals surface area (Å²) < 4.78 is 0.901. The Bertz CT molecular complexity index is 517. The largest absolute Gasteiger partial charge is 0.380 e. The van der Waals surface area contributed by atoms with Crippen LogP contribution in [0.15, 0.2) is 34.4 Å². The van der Waals surface area contributed by atoms with Gasteiger partial charge in [-0.05, 0) is 18.2 Å². The Hall–Kier alpha value is -1.38. The van der Waals surface area contributed by atoms with E-state index in [4.69, 9.17) is 5.26 Å². The van der Waals surface area contributed by atoms with Crippen molar-refractivity contribution in [2.24, 2.45) is 0 Å². The van der Waals surface area contributed by atoms with E-state index in [1.165, 1.54) is 4.88 Å². The third-order valence-corrected chi connectivity index (χ3v) is 3.21. The zero-order valence-corrected chi connectivity index (χ0v) is 10.7. The highest BCUT2D eigenvalue weighted by Crippen LogP contribution is 2.20. The first-order valence-electron chi connectivity index (χ1n) is 4.60. The van der Waals surface area contributed by atoms with Gasteiger partial charge in [-0.25, -0.2) is 0 Å². The third-order valence-electron chi connectivity index (χ3n) is 1.98. The van der Waals surface area contributed by atoms with Gasteiger partial charge in [-0.3, -0.25) is 4.98 Å². The molecule has 1 aromatic carbocycles. The second kappa shape index (κ2) is 5.10. The molecular weight excluding hydrogens is 286 g/mol. The molecule has 5 heteroatoms.